The maximum Gasteiger partial charge on any atom is 0.0874 e. The van der Waals surface area contributed by atoms with Crippen LogP contribution in [0.15, 0.2) is 0 Å². The molecule has 0 amide bonds. The van der Waals surface area contributed by atoms with Gasteiger partial charge in [-0.15, -0.1) is 0 Å². The molecule has 2 rings (SSSR count). The molecule has 0 aromatic heterocycles. The minimum atomic E-state index is -0.0382. The third-order valence-electron chi connectivity index (χ3n) is 4.77. The van der Waals surface area contributed by atoms with Crippen molar-refractivity contribution >= 4 is 0 Å². The van der Waals surface area contributed by atoms with Crippen LogP contribution in [-0.4, -0.2) is 51.7 Å². The first-order chi connectivity index (χ1) is 9.30. The van der Waals surface area contributed by atoms with Crippen molar-refractivity contribution in [2.75, 3.05) is 34.0 Å². The molecule has 2 unspecified atom stereocenters. The number of methoxy groups -OCH3 is 1. The van der Waals surface area contributed by atoms with Crippen LogP contribution in [0.4, 0.5) is 0 Å². The highest BCUT2D eigenvalue weighted by molar-refractivity contribution is 4.94. The first-order valence-electron chi connectivity index (χ1n) is 7.72. The molecule has 2 atom stereocenters. The summed E-state index contributed by atoms with van der Waals surface area (Å²) in [6, 6.07) is 0.419. The lowest BCUT2D eigenvalue weighted by molar-refractivity contribution is -0.111. The molecular formula is C15H29NO3. The van der Waals surface area contributed by atoms with Crippen LogP contribution >= 0.6 is 0 Å². The van der Waals surface area contributed by atoms with Gasteiger partial charge in [0.25, 0.3) is 0 Å². The van der Waals surface area contributed by atoms with E-state index in [4.69, 9.17) is 14.2 Å². The van der Waals surface area contributed by atoms with E-state index in [1.165, 1.54) is 25.7 Å². The quantitative estimate of drug-likeness (QED) is 0.770. The van der Waals surface area contributed by atoms with E-state index < -0.39 is 0 Å². The number of nitrogens with one attached hydrogen (secondary N) is 1. The third kappa shape index (κ3) is 3.91. The summed E-state index contributed by atoms with van der Waals surface area (Å²) in [6.45, 7) is 2.59. The average molecular weight is 271 g/mol. The maximum absolute atomic E-state index is 5.88. The SMILES string of the molecule is CNC(CCCC1CCCO1)C1(OC)CCOCC1. The lowest BCUT2D eigenvalue weighted by Gasteiger charge is -2.42. The fourth-order valence-corrected chi connectivity index (χ4v) is 3.50. The zero-order chi connectivity index (χ0) is 13.6. The summed E-state index contributed by atoms with van der Waals surface area (Å²) in [4.78, 5) is 0. The van der Waals surface area contributed by atoms with E-state index in [-0.39, 0.29) is 5.60 Å². The fourth-order valence-electron chi connectivity index (χ4n) is 3.50. The lowest BCUT2D eigenvalue weighted by Crippen LogP contribution is -2.54. The van der Waals surface area contributed by atoms with Crippen molar-refractivity contribution in [2.24, 2.45) is 0 Å². The van der Waals surface area contributed by atoms with Crippen LogP contribution in [0.25, 0.3) is 0 Å². The zero-order valence-corrected chi connectivity index (χ0v) is 12.5. The molecule has 2 aliphatic heterocycles. The molecule has 0 aliphatic carbocycles. The van der Waals surface area contributed by atoms with Gasteiger partial charge in [0, 0.05) is 45.8 Å². The molecule has 4 nitrogen and oxygen atoms in total. The summed E-state index contributed by atoms with van der Waals surface area (Å²) in [5.74, 6) is 0. The summed E-state index contributed by atoms with van der Waals surface area (Å²) >= 11 is 0. The number of likely N-dealkylation sites (N-methyl/N-ethyl adjacent to an activating group) is 1. The lowest BCUT2D eigenvalue weighted by atomic mass is 9.83. The number of hydrogen-bond donors (Lipinski definition) is 1. The summed E-state index contributed by atoms with van der Waals surface area (Å²) in [6.07, 6.45) is 8.53. The van der Waals surface area contributed by atoms with Crippen molar-refractivity contribution in [3.05, 3.63) is 0 Å². The number of ether oxygens (including phenoxy) is 3. The Labute approximate surface area is 117 Å². The van der Waals surface area contributed by atoms with Crippen molar-refractivity contribution < 1.29 is 14.2 Å². The molecule has 0 bridgehead atoms. The average Bonchev–Trinajstić information content (AvgIpc) is 2.97. The summed E-state index contributed by atoms with van der Waals surface area (Å²) in [5, 5.41) is 3.47. The third-order valence-corrected chi connectivity index (χ3v) is 4.77. The Bertz CT molecular complexity index is 248. The van der Waals surface area contributed by atoms with Crippen LogP contribution in [0.1, 0.15) is 44.9 Å². The van der Waals surface area contributed by atoms with Crippen molar-refractivity contribution in [1.82, 2.24) is 5.32 Å². The minimum Gasteiger partial charge on any atom is -0.381 e. The molecule has 112 valence electrons. The Hall–Kier alpha value is -0.160. The molecule has 2 fully saturated rings. The second-order valence-corrected chi connectivity index (χ2v) is 5.79. The smallest absolute Gasteiger partial charge is 0.0874 e. The van der Waals surface area contributed by atoms with E-state index in [1.54, 1.807) is 0 Å². The van der Waals surface area contributed by atoms with E-state index in [1.807, 2.05) is 14.2 Å². The highest BCUT2D eigenvalue weighted by atomic mass is 16.5. The van der Waals surface area contributed by atoms with Gasteiger partial charge in [0.2, 0.25) is 0 Å². The summed E-state index contributed by atoms with van der Waals surface area (Å²) < 4.78 is 17.1. The van der Waals surface area contributed by atoms with E-state index in [0.717, 1.165) is 39.1 Å². The van der Waals surface area contributed by atoms with E-state index in [9.17, 15) is 0 Å². The first-order valence-corrected chi connectivity index (χ1v) is 7.72. The van der Waals surface area contributed by atoms with Crippen LogP contribution in [0, 0.1) is 0 Å². The topological polar surface area (TPSA) is 39.7 Å². The molecule has 4 heteroatoms. The number of rotatable bonds is 7. The Balaban J connectivity index is 1.79. The standard InChI is InChI=1S/C15H29NO3/c1-16-14(7-3-5-13-6-4-10-19-13)15(17-2)8-11-18-12-9-15/h13-14,16H,3-12H2,1-2H3. The predicted molar refractivity (Wildman–Crippen MR) is 75.5 cm³/mol. The molecule has 0 radical (unpaired) electrons. The molecule has 2 aliphatic rings. The molecule has 2 heterocycles. The van der Waals surface area contributed by atoms with Gasteiger partial charge in [-0.05, 0) is 39.2 Å². The summed E-state index contributed by atoms with van der Waals surface area (Å²) in [5.41, 5.74) is -0.0382. The van der Waals surface area contributed by atoms with Gasteiger partial charge in [-0.2, -0.15) is 0 Å². The van der Waals surface area contributed by atoms with Crippen LogP contribution in [0.2, 0.25) is 0 Å². The molecule has 0 saturated carbocycles. The van der Waals surface area contributed by atoms with E-state index in [0.29, 0.717) is 12.1 Å². The minimum absolute atomic E-state index is 0.0382. The highest BCUT2D eigenvalue weighted by Gasteiger charge is 2.39. The molecular weight excluding hydrogens is 242 g/mol. The molecule has 0 aromatic rings. The van der Waals surface area contributed by atoms with Crippen LogP contribution < -0.4 is 5.32 Å². The van der Waals surface area contributed by atoms with E-state index >= 15 is 0 Å². The van der Waals surface area contributed by atoms with Gasteiger partial charge in [0.1, 0.15) is 0 Å². The van der Waals surface area contributed by atoms with Gasteiger partial charge in [-0.3, -0.25) is 0 Å². The Morgan fingerprint density at radius 1 is 1.32 bits per heavy atom. The molecule has 2 saturated heterocycles. The second-order valence-electron chi connectivity index (χ2n) is 5.79. The van der Waals surface area contributed by atoms with Gasteiger partial charge in [-0.25, -0.2) is 0 Å². The van der Waals surface area contributed by atoms with Gasteiger partial charge >= 0.3 is 0 Å². The Morgan fingerprint density at radius 2 is 2.11 bits per heavy atom. The molecule has 0 aromatic carbocycles. The van der Waals surface area contributed by atoms with Crippen LogP contribution in [0.3, 0.4) is 0 Å². The normalized spacial score (nSPS) is 28.4. The van der Waals surface area contributed by atoms with Gasteiger partial charge in [0.15, 0.2) is 0 Å². The molecule has 0 spiro atoms. The van der Waals surface area contributed by atoms with Crippen LogP contribution in [-0.2, 0) is 14.2 Å². The maximum atomic E-state index is 5.88. The second kappa shape index (κ2) is 7.58. The largest absolute Gasteiger partial charge is 0.381 e. The highest BCUT2D eigenvalue weighted by Crippen LogP contribution is 2.31. The van der Waals surface area contributed by atoms with Gasteiger partial charge < -0.3 is 19.5 Å². The van der Waals surface area contributed by atoms with Crippen molar-refractivity contribution in [1.29, 1.82) is 0 Å². The zero-order valence-electron chi connectivity index (χ0n) is 12.5. The Kier molecular flexibility index (Phi) is 6.07. The van der Waals surface area contributed by atoms with Crippen LogP contribution in [0.5, 0.6) is 0 Å². The van der Waals surface area contributed by atoms with Gasteiger partial charge in [-0.1, -0.05) is 0 Å². The first kappa shape index (κ1) is 15.2. The van der Waals surface area contributed by atoms with Crippen molar-refractivity contribution in [3.63, 3.8) is 0 Å². The van der Waals surface area contributed by atoms with Gasteiger partial charge in [0.05, 0.1) is 11.7 Å². The monoisotopic (exact) mass is 271 g/mol. The fraction of sp³-hybridized carbons (Fsp3) is 1.00. The summed E-state index contributed by atoms with van der Waals surface area (Å²) in [7, 11) is 3.89. The molecule has 1 N–H and O–H groups in total. The molecule has 19 heavy (non-hydrogen) atoms. The van der Waals surface area contributed by atoms with Crippen molar-refractivity contribution in [3.8, 4) is 0 Å². The van der Waals surface area contributed by atoms with E-state index in [2.05, 4.69) is 5.32 Å². The predicted octanol–water partition coefficient (Wildman–Crippen LogP) is 2.12. The van der Waals surface area contributed by atoms with Crippen molar-refractivity contribution in [2.45, 2.75) is 62.7 Å². The Morgan fingerprint density at radius 3 is 2.68 bits per heavy atom. The number of hydrogen-bond acceptors (Lipinski definition) is 4.